The second kappa shape index (κ2) is 5.35. The molecule has 2 rings (SSSR count). The van der Waals surface area contributed by atoms with Gasteiger partial charge < -0.3 is 15.5 Å². The van der Waals surface area contributed by atoms with E-state index in [2.05, 4.69) is 16.9 Å². The van der Waals surface area contributed by atoms with Crippen LogP contribution in [0.5, 0.6) is 0 Å². The van der Waals surface area contributed by atoms with E-state index in [0.29, 0.717) is 11.3 Å². The second-order valence-corrected chi connectivity index (χ2v) is 4.94. The number of amides is 1. The van der Waals surface area contributed by atoms with Crippen molar-refractivity contribution in [1.29, 1.82) is 0 Å². The van der Waals surface area contributed by atoms with Crippen molar-refractivity contribution in [2.75, 3.05) is 32.9 Å². The summed E-state index contributed by atoms with van der Waals surface area (Å²) in [5.41, 5.74) is 6.80. The van der Waals surface area contributed by atoms with Crippen LogP contribution in [0.15, 0.2) is 18.5 Å². The highest BCUT2D eigenvalue weighted by Gasteiger charge is 2.26. The van der Waals surface area contributed by atoms with E-state index in [4.69, 9.17) is 5.73 Å². The van der Waals surface area contributed by atoms with Gasteiger partial charge in [0.2, 0.25) is 0 Å². The van der Waals surface area contributed by atoms with E-state index < -0.39 is 0 Å². The summed E-state index contributed by atoms with van der Waals surface area (Å²) in [6.07, 6.45) is 5.31. The Morgan fingerprint density at radius 3 is 3.06 bits per heavy atom. The van der Waals surface area contributed by atoms with Gasteiger partial charge in [-0.05, 0) is 32.5 Å². The Balaban J connectivity index is 2.11. The zero-order chi connectivity index (χ0) is 13.1. The lowest BCUT2D eigenvalue weighted by atomic mass is 10.0. The number of carbonyl (C=O) groups is 1. The van der Waals surface area contributed by atoms with Crippen molar-refractivity contribution in [2.45, 2.75) is 18.9 Å². The third-order valence-electron chi connectivity index (χ3n) is 3.55. The fourth-order valence-electron chi connectivity index (χ4n) is 2.40. The molecular weight excluding hydrogens is 228 g/mol. The minimum Gasteiger partial charge on any atom is -0.398 e. The number of anilines is 1. The minimum atomic E-state index is -0.0408. The number of likely N-dealkylation sites (N-methyl/N-ethyl adjacent to an activating group) is 2. The molecule has 1 amide bonds. The maximum absolute atomic E-state index is 12.4. The Labute approximate surface area is 108 Å². The smallest absolute Gasteiger partial charge is 0.257 e. The van der Waals surface area contributed by atoms with Crippen molar-refractivity contribution >= 4 is 11.6 Å². The van der Waals surface area contributed by atoms with Gasteiger partial charge in [-0.3, -0.25) is 9.78 Å². The van der Waals surface area contributed by atoms with Crippen LogP contribution < -0.4 is 5.73 Å². The van der Waals surface area contributed by atoms with Crippen molar-refractivity contribution < 1.29 is 4.79 Å². The van der Waals surface area contributed by atoms with E-state index >= 15 is 0 Å². The van der Waals surface area contributed by atoms with Crippen molar-refractivity contribution in [3.05, 3.63) is 24.0 Å². The second-order valence-electron chi connectivity index (χ2n) is 4.94. The van der Waals surface area contributed by atoms with Crippen LogP contribution in [-0.2, 0) is 0 Å². The number of carbonyl (C=O) groups excluding carboxylic acids is 1. The number of hydrogen-bond acceptors (Lipinski definition) is 4. The molecule has 1 saturated heterocycles. The number of hydrogen-bond donors (Lipinski definition) is 1. The summed E-state index contributed by atoms with van der Waals surface area (Å²) >= 11 is 0. The molecule has 0 spiro atoms. The van der Waals surface area contributed by atoms with Gasteiger partial charge in [0.15, 0.2) is 0 Å². The van der Waals surface area contributed by atoms with Crippen LogP contribution in [0.3, 0.4) is 0 Å². The standard InChI is InChI=1S/C13H20N4O/c1-16-7-3-4-10(9-16)17(2)13(18)11-8-15-6-5-12(11)14/h5-6,8,10H,3-4,7,9H2,1-2H3,(H2,14,15). The first-order chi connectivity index (χ1) is 8.59. The quantitative estimate of drug-likeness (QED) is 0.842. The lowest BCUT2D eigenvalue weighted by molar-refractivity contribution is 0.0644. The molecule has 1 unspecified atom stereocenters. The molecule has 1 aliphatic rings. The topological polar surface area (TPSA) is 62.5 Å². The third kappa shape index (κ3) is 2.61. The van der Waals surface area contributed by atoms with Gasteiger partial charge in [0.05, 0.1) is 5.56 Å². The van der Waals surface area contributed by atoms with Gasteiger partial charge in [0, 0.05) is 37.7 Å². The molecular formula is C13H20N4O. The number of rotatable bonds is 2. The van der Waals surface area contributed by atoms with E-state index in [1.165, 1.54) is 0 Å². The van der Waals surface area contributed by atoms with Gasteiger partial charge in [-0.1, -0.05) is 0 Å². The average Bonchev–Trinajstić information content (AvgIpc) is 2.37. The van der Waals surface area contributed by atoms with Crippen molar-refractivity contribution in [3.8, 4) is 0 Å². The molecule has 1 fully saturated rings. The lowest BCUT2D eigenvalue weighted by Crippen LogP contribution is -2.47. The summed E-state index contributed by atoms with van der Waals surface area (Å²) in [4.78, 5) is 20.4. The zero-order valence-electron chi connectivity index (χ0n) is 11.0. The molecule has 1 atom stereocenters. The molecule has 1 aromatic heterocycles. The van der Waals surface area contributed by atoms with Crippen molar-refractivity contribution in [3.63, 3.8) is 0 Å². The molecule has 2 heterocycles. The molecule has 0 aliphatic carbocycles. The molecule has 5 nitrogen and oxygen atoms in total. The predicted molar refractivity (Wildman–Crippen MR) is 71.3 cm³/mol. The number of nitrogens with zero attached hydrogens (tertiary/aromatic N) is 3. The van der Waals surface area contributed by atoms with E-state index in [1.54, 1.807) is 23.4 Å². The highest BCUT2D eigenvalue weighted by Crippen LogP contribution is 2.18. The highest BCUT2D eigenvalue weighted by atomic mass is 16.2. The first-order valence-electron chi connectivity index (χ1n) is 6.25. The number of likely N-dealkylation sites (tertiary alicyclic amines) is 1. The van der Waals surface area contributed by atoms with Crippen molar-refractivity contribution in [1.82, 2.24) is 14.8 Å². The largest absolute Gasteiger partial charge is 0.398 e. The van der Waals surface area contributed by atoms with Crippen LogP contribution in [0.2, 0.25) is 0 Å². The first kappa shape index (κ1) is 12.8. The molecule has 2 N–H and O–H groups in total. The molecule has 98 valence electrons. The Bertz CT molecular complexity index is 435. The van der Waals surface area contributed by atoms with Gasteiger partial charge in [-0.2, -0.15) is 0 Å². The third-order valence-corrected chi connectivity index (χ3v) is 3.55. The average molecular weight is 248 g/mol. The highest BCUT2D eigenvalue weighted by molar-refractivity contribution is 5.98. The molecule has 0 bridgehead atoms. The number of nitrogens with two attached hydrogens (primary N) is 1. The monoisotopic (exact) mass is 248 g/mol. The van der Waals surface area contributed by atoms with Crippen LogP contribution in [0.25, 0.3) is 0 Å². The Morgan fingerprint density at radius 2 is 2.39 bits per heavy atom. The maximum Gasteiger partial charge on any atom is 0.257 e. The van der Waals surface area contributed by atoms with E-state index in [-0.39, 0.29) is 11.9 Å². The van der Waals surface area contributed by atoms with Gasteiger partial charge in [-0.15, -0.1) is 0 Å². The number of aromatic nitrogens is 1. The summed E-state index contributed by atoms with van der Waals surface area (Å²) < 4.78 is 0. The first-order valence-corrected chi connectivity index (χ1v) is 6.25. The zero-order valence-corrected chi connectivity index (χ0v) is 11.0. The summed E-state index contributed by atoms with van der Waals surface area (Å²) in [5, 5.41) is 0. The van der Waals surface area contributed by atoms with E-state index in [0.717, 1.165) is 25.9 Å². The summed E-state index contributed by atoms with van der Waals surface area (Å²) in [6.45, 7) is 2.02. The van der Waals surface area contributed by atoms with E-state index in [1.807, 2.05) is 7.05 Å². The van der Waals surface area contributed by atoms with Gasteiger partial charge >= 0.3 is 0 Å². The maximum atomic E-state index is 12.4. The number of nitrogen functional groups attached to an aromatic ring is 1. The molecule has 1 aliphatic heterocycles. The Kier molecular flexibility index (Phi) is 3.81. The van der Waals surface area contributed by atoms with Gasteiger partial charge in [-0.25, -0.2) is 0 Å². The van der Waals surface area contributed by atoms with Crippen LogP contribution >= 0.6 is 0 Å². The molecule has 0 aromatic carbocycles. The Hall–Kier alpha value is -1.62. The van der Waals surface area contributed by atoms with Crippen molar-refractivity contribution in [2.24, 2.45) is 0 Å². The Morgan fingerprint density at radius 1 is 1.61 bits per heavy atom. The normalized spacial score (nSPS) is 20.7. The SMILES string of the molecule is CN1CCCC(N(C)C(=O)c2cnccc2N)C1. The van der Waals surface area contributed by atoms with Crippen LogP contribution in [0.4, 0.5) is 5.69 Å². The lowest BCUT2D eigenvalue weighted by Gasteiger charge is -2.36. The van der Waals surface area contributed by atoms with Gasteiger partial charge in [0.1, 0.15) is 0 Å². The number of piperidine rings is 1. The molecule has 18 heavy (non-hydrogen) atoms. The number of pyridine rings is 1. The summed E-state index contributed by atoms with van der Waals surface area (Å²) in [7, 11) is 3.93. The van der Waals surface area contributed by atoms with Crippen LogP contribution in [-0.4, -0.2) is 53.9 Å². The minimum absolute atomic E-state index is 0.0408. The fraction of sp³-hybridized carbons (Fsp3) is 0.538. The van der Waals surface area contributed by atoms with Crippen LogP contribution in [0.1, 0.15) is 23.2 Å². The molecule has 0 saturated carbocycles. The predicted octanol–water partition coefficient (Wildman–Crippen LogP) is 0.830. The van der Waals surface area contributed by atoms with Crippen LogP contribution in [0, 0.1) is 0 Å². The fourth-order valence-corrected chi connectivity index (χ4v) is 2.40. The summed E-state index contributed by atoms with van der Waals surface area (Å²) in [6, 6.07) is 1.92. The summed E-state index contributed by atoms with van der Waals surface area (Å²) in [5.74, 6) is -0.0408. The molecule has 5 heteroatoms. The molecule has 0 radical (unpaired) electrons. The van der Waals surface area contributed by atoms with Gasteiger partial charge in [0.25, 0.3) is 5.91 Å². The molecule has 1 aromatic rings. The van der Waals surface area contributed by atoms with E-state index in [9.17, 15) is 4.79 Å².